The summed E-state index contributed by atoms with van der Waals surface area (Å²) in [6, 6.07) is 6.33. The molecule has 0 saturated carbocycles. The van der Waals surface area contributed by atoms with Gasteiger partial charge >= 0.3 is 0 Å². The maximum atomic E-state index is 11.9. The van der Waals surface area contributed by atoms with Gasteiger partial charge in [0.15, 0.2) is 0 Å². The molecule has 2 rings (SSSR count). The zero-order chi connectivity index (χ0) is 13.8. The van der Waals surface area contributed by atoms with Gasteiger partial charge in [0.25, 0.3) is 0 Å². The van der Waals surface area contributed by atoms with E-state index in [4.69, 9.17) is 23.8 Å². The Balaban J connectivity index is 2.35. The third-order valence-corrected chi connectivity index (χ3v) is 2.82. The molecule has 0 bridgehead atoms. The number of nitrogens with one attached hydrogen (secondary N) is 1. The molecule has 1 amide bonds. The number of halogens is 1. The monoisotopic (exact) mass is 273 g/mol. The highest BCUT2D eigenvalue weighted by Crippen LogP contribution is 2.26. The first kappa shape index (κ1) is 13.3. The number of rotatable bonds is 3. The lowest BCUT2D eigenvalue weighted by atomic mass is 10.1. The highest BCUT2D eigenvalue weighted by Gasteiger charge is 2.14. The number of nitrogens with two attached hydrogens (primary N) is 1. The average Bonchev–Trinajstić information content (AvgIpc) is 2.38. The van der Waals surface area contributed by atoms with Gasteiger partial charge in [-0.3, -0.25) is 9.78 Å². The van der Waals surface area contributed by atoms with Gasteiger partial charge in [0.05, 0.1) is 17.2 Å². The maximum absolute atomic E-state index is 11.9. The van der Waals surface area contributed by atoms with Crippen molar-refractivity contribution in [3.8, 4) is 12.3 Å². The summed E-state index contributed by atoms with van der Waals surface area (Å²) in [6.45, 7) is 0. The Kier molecular flexibility index (Phi) is 4.00. The summed E-state index contributed by atoms with van der Waals surface area (Å²) in [5.41, 5.74) is 6.84. The standard InChI is InChI=1S/C14H12ClN3O/c1-2-4-11(16)14(19)18-12-8-10(15)7-9-5-3-6-17-13(9)12/h1,3,5-8,11H,4,16H2,(H,18,19). The fraction of sp³-hybridized carbons (Fsp3) is 0.143. The molecule has 0 aliphatic heterocycles. The Bertz CT molecular complexity index is 663. The molecular formula is C14H12ClN3O. The molecule has 3 N–H and O–H groups in total. The molecule has 5 heteroatoms. The molecule has 0 saturated heterocycles. The molecule has 2 aromatic rings. The minimum absolute atomic E-state index is 0.178. The van der Waals surface area contributed by atoms with Gasteiger partial charge < -0.3 is 11.1 Å². The van der Waals surface area contributed by atoms with Crippen molar-refractivity contribution in [3.63, 3.8) is 0 Å². The second kappa shape index (κ2) is 5.70. The minimum atomic E-state index is -0.747. The van der Waals surface area contributed by atoms with Crippen LogP contribution in [0.4, 0.5) is 5.69 Å². The Morgan fingerprint density at radius 2 is 2.37 bits per heavy atom. The topological polar surface area (TPSA) is 68.0 Å². The third-order valence-electron chi connectivity index (χ3n) is 2.60. The van der Waals surface area contributed by atoms with E-state index in [1.54, 1.807) is 24.4 Å². The fourth-order valence-electron chi connectivity index (χ4n) is 1.70. The second-order valence-corrected chi connectivity index (χ2v) is 4.47. The second-order valence-electron chi connectivity index (χ2n) is 4.03. The molecule has 1 heterocycles. The lowest BCUT2D eigenvalue weighted by Gasteiger charge is -2.11. The molecule has 0 fully saturated rings. The number of carbonyl (C=O) groups excluding carboxylic acids is 1. The number of aromatic nitrogens is 1. The number of pyridine rings is 1. The number of anilines is 1. The Morgan fingerprint density at radius 1 is 1.58 bits per heavy atom. The molecule has 19 heavy (non-hydrogen) atoms. The van der Waals surface area contributed by atoms with Crippen LogP contribution in [0.25, 0.3) is 10.9 Å². The van der Waals surface area contributed by atoms with Crippen molar-refractivity contribution in [2.75, 3.05) is 5.32 Å². The van der Waals surface area contributed by atoms with Crippen LogP contribution in [0.3, 0.4) is 0 Å². The summed E-state index contributed by atoms with van der Waals surface area (Å²) in [6.07, 6.45) is 6.96. The first-order valence-corrected chi connectivity index (χ1v) is 6.04. The molecule has 0 aliphatic rings. The summed E-state index contributed by atoms with van der Waals surface area (Å²) in [5, 5.41) is 4.06. The molecule has 1 aromatic carbocycles. The van der Waals surface area contributed by atoms with E-state index in [-0.39, 0.29) is 12.3 Å². The van der Waals surface area contributed by atoms with Crippen molar-refractivity contribution in [1.82, 2.24) is 4.98 Å². The predicted octanol–water partition coefficient (Wildman–Crippen LogP) is 2.18. The molecule has 0 spiro atoms. The van der Waals surface area contributed by atoms with E-state index >= 15 is 0 Å². The Labute approximate surface area is 116 Å². The van der Waals surface area contributed by atoms with E-state index < -0.39 is 6.04 Å². The fourth-order valence-corrected chi connectivity index (χ4v) is 1.92. The predicted molar refractivity (Wildman–Crippen MR) is 76.8 cm³/mol. The summed E-state index contributed by atoms with van der Waals surface area (Å²) >= 11 is 6.01. The average molecular weight is 274 g/mol. The van der Waals surface area contributed by atoms with Gasteiger partial charge in [-0.2, -0.15) is 0 Å². The van der Waals surface area contributed by atoms with E-state index in [9.17, 15) is 4.79 Å². The smallest absolute Gasteiger partial charge is 0.242 e. The van der Waals surface area contributed by atoms with Crippen LogP contribution >= 0.6 is 11.6 Å². The van der Waals surface area contributed by atoms with Crippen LogP contribution in [0.2, 0.25) is 5.02 Å². The van der Waals surface area contributed by atoms with Crippen LogP contribution in [0.5, 0.6) is 0 Å². The van der Waals surface area contributed by atoms with Crippen LogP contribution < -0.4 is 11.1 Å². The molecule has 1 aromatic heterocycles. The van der Waals surface area contributed by atoms with Crippen molar-refractivity contribution in [1.29, 1.82) is 0 Å². The van der Waals surface area contributed by atoms with Crippen molar-refractivity contribution in [3.05, 3.63) is 35.5 Å². The number of carbonyl (C=O) groups is 1. The summed E-state index contributed by atoms with van der Waals surface area (Å²) in [5.74, 6) is 2.00. The van der Waals surface area contributed by atoms with E-state index in [2.05, 4.69) is 16.2 Å². The third kappa shape index (κ3) is 3.02. The molecule has 0 aliphatic carbocycles. The van der Waals surface area contributed by atoms with E-state index in [0.29, 0.717) is 16.2 Å². The van der Waals surface area contributed by atoms with Crippen molar-refractivity contribution >= 4 is 34.1 Å². The first-order chi connectivity index (χ1) is 9.11. The van der Waals surface area contributed by atoms with Crippen LogP contribution in [0.15, 0.2) is 30.5 Å². The largest absolute Gasteiger partial charge is 0.323 e. The summed E-state index contributed by atoms with van der Waals surface area (Å²) in [7, 11) is 0. The number of nitrogens with zero attached hydrogens (tertiary/aromatic N) is 1. The van der Waals surface area contributed by atoms with Gasteiger partial charge in [-0.25, -0.2) is 0 Å². The van der Waals surface area contributed by atoms with E-state index in [0.717, 1.165) is 5.39 Å². The van der Waals surface area contributed by atoms with Gasteiger partial charge in [0.2, 0.25) is 5.91 Å². The van der Waals surface area contributed by atoms with Crippen molar-refractivity contribution in [2.45, 2.75) is 12.5 Å². The maximum Gasteiger partial charge on any atom is 0.242 e. The Hall–Kier alpha value is -2.09. The summed E-state index contributed by atoms with van der Waals surface area (Å²) < 4.78 is 0. The first-order valence-electron chi connectivity index (χ1n) is 5.66. The molecule has 0 radical (unpaired) electrons. The van der Waals surface area contributed by atoms with Gasteiger partial charge in [0.1, 0.15) is 0 Å². The van der Waals surface area contributed by atoms with Gasteiger partial charge in [-0.15, -0.1) is 12.3 Å². The number of hydrogen-bond donors (Lipinski definition) is 2. The van der Waals surface area contributed by atoms with E-state index in [1.165, 1.54) is 0 Å². The van der Waals surface area contributed by atoms with Crippen molar-refractivity contribution in [2.24, 2.45) is 5.73 Å². The number of fused-ring (bicyclic) bond motifs is 1. The normalized spacial score (nSPS) is 11.8. The van der Waals surface area contributed by atoms with Crippen molar-refractivity contribution < 1.29 is 4.79 Å². The number of hydrogen-bond acceptors (Lipinski definition) is 3. The minimum Gasteiger partial charge on any atom is -0.323 e. The number of benzene rings is 1. The van der Waals surface area contributed by atoms with Gasteiger partial charge in [-0.05, 0) is 18.2 Å². The molecule has 1 unspecified atom stereocenters. The lowest BCUT2D eigenvalue weighted by molar-refractivity contribution is -0.117. The van der Waals surface area contributed by atoms with Gasteiger partial charge in [0, 0.05) is 23.0 Å². The quantitative estimate of drug-likeness (QED) is 0.842. The van der Waals surface area contributed by atoms with Crippen LogP contribution in [-0.4, -0.2) is 16.9 Å². The van der Waals surface area contributed by atoms with Crippen LogP contribution in [0, 0.1) is 12.3 Å². The summed E-state index contributed by atoms with van der Waals surface area (Å²) in [4.78, 5) is 16.1. The highest BCUT2D eigenvalue weighted by atomic mass is 35.5. The lowest BCUT2D eigenvalue weighted by Crippen LogP contribution is -2.35. The number of terminal acetylenes is 1. The molecule has 1 atom stereocenters. The zero-order valence-corrected chi connectivity index (χ0v) is 10.8. The highest BCUT2D eigenvalue weighted by molar-refractivity contribution is 6.32. The zero-order valence-electron chi connectivity index (χ0n) is 10.1. The molecule has 96 valence electrons. The van der Waals surface area contributed by atoms with Crippen LogP contribution in [-0.2, 0) is 4.79 Å². The van der Waals surface area contributed by atoms with E-state index in [1.807, 2.05) is 6.07 Å². The van der Waals surface area contributed by atoms with Gasteiger partial charge in [-0.1, -0.05) is 17.7 Å². The SMILES string of the molecule is C#CCC(N)C(=O)Nc1cc(Cl)cc2cccnc12. The molecule has 4 nitrogen and oxygen atoms in total. The molecular weight excluding hydrogens is 262 g/mol. The van der Waals surface area contributed by atoms with Crippen LogP contribution in [0.1, 0.15) is 6.42 Å². The number of amides is 1. The Morgan fingerprint density at radius 3 is 3.11 bits per heavy atom.